The first-order valence-corrected chi connectivity index (χ1v) is 6.38. The van der Waals surface area contributed by atoms with E-state index in [4.69, 9.17) is 4.52 Å². The summed E-state index contributed by atoms with van der Waals surface area (Å²) in [6.45, 7) is 8.27. The third-order valence-corrected chi connectivity index (χ3v) is 3.09. The number of carboxylic acid groups (broad SMARTS) is 1. The zero-order chi connectivity index (χ0) is 14.0. The minimum atomic E-state index is -0.827. The summed E-state index contributed by atoms with van der Waals surface area (Å²) >= 11 is 0. The van der Waals surface area contributed by atoms with Crippen molar-refractivity contribution in [3.8, 4) is 0 Å². The molecule has 1 fully saturated rings. The Labute approximate surface area is 112 Å². The maximum atomic E-state index is 11.2. The van der Waals surface area contributed by atoms with Crippen molar-refractivity contribution in [1.29, 1.82) is 0 Å². The molecule has 0 saturated carbocycles. The quantitative estimate of drug-likeness (QED) is 0.810. The van der Waals surface area contributed by atoms with Gasteiger partial charge in [0.15, 0.2) is 5.82 Å². The number of carboxylic acids is 1. The summed E-state index contributed by atoms with van der Waals surface area (Å²) in [4.78, 5) is 17.4. The number of carbonyl (C=O) groups is 1. The lowest BCUT2D eigenvalue weighted by Gasteiger charge is -2.32. The molecule has 1 aromatic rings. The predicted octanol–water partition coefficient (Wildman–Crippen LogP) is 0.226. The Kier molecular flexibility index (Phi) is 3.86. The smallest absolute Gasteiger partial charge is 0.322 e. The van der Waals surface area contributed by atoms with Crippen LogP contribution >= 0.6 is 0 Å². The maximum Gasteiger partial charge on any atom is 0.322 e. The molecule has 0 bridgehead atoms. The summed E-state index contributed by atoms with van der Waals surface area (Å²) in [5, 5.41) is 16.2. The lowest BCUT2D eigenvalue weighted by molar-refractivity contribution is -0.144. The van der Waals surface area contributed by atoms with E-state index >= 15 is 0 Å². The first kappa shape index (κ1) is 14.0. The number of rotatable bonds is 3. The van der Waals surface area contributed by atoms with Crippen LogP contribution in [0.5, 0.6) is 0 Å². The van der Waals surface area contributed by atoms with Crippen LogP contribution in [0, 0.1) is 0 Å². The van der Waals surface area contributed by atoms with Crippen LogP contribution < -0.4 is 5.32 Å². The third kappa shape index (κ3) is 3.30. The molecule has 1 unspecified atom stereocenters. The number of hydrogen-bond donors (Lipinski definition) is 2. The van der Waals surface area contributed by atoms with E-state index in [0.29, 0.717) is 31.3 Å². The summed E-state index contributed by atoms with van der Waals surface area (Å²) in [6, 6.07) is -0.537. The Hall–Kier alpha value is -1.47. The first-order chi connectivity index (χ1) is 8.88. The van der Waals surface area contributed by atoms with E-state index in [9.17, 15) is 9.90 Å². The lowest BCUT2D eigenvalue weighted by atomic mass is 9.97. The van der Waals surface area contributed by atoms with E-state index in [2.05, 4.69) is 15.5 Å². The Balaban J connectivity index is 2.07. The molecule has 2 heterocycles. The van der Waals surface area contributed by atoms with Crippen LogP contribution in [0.3, 0.4) is 0 Å². The van der Waals surface area contributed by atoms with Crippen LogP contribution in [-0.4, -0.2) is 51.8 Å². The van der Waals surface area contributed by atoms with Crippen LogP contribution in [0.4, 0.5) is 0 Å². The molecule has 1 atom stereocenters. The average Bonchev–Trinajstić information content (AvgIpc) is 2.77. The van der Waals surface area contributed by atoms with Crippen molar-refractivity contribution in [2.45, 2.75) is 38.8 Å². The van der Waals surface area contributed by atoms with E-state index in [-0.39, 0.29) is 5.41 Å². The highest BCUT2D eigenvalue weighted by Gasteiger charge is 2.30. The summed E-state index contributed by atoms with van der Waals surface area (Å²) < 4.78 is 5.22. The van der Waals surface area contributed by atoms with Crippen molar-refractivity contribution in [2.75, 3.05) is 19.6 Å². The van der Waals surface area contributed by atoms with Gasteiger partial charge < -0.3 is 14.9 Å². The van der Waals surface area contributed by atoms with Crippen molar-refractivity contribution in [1.82, 2.24) is 20.4 Å². The van der Waals surface area contributed by atoms with Crippen molar-refractivity contribution in [3.63, 3.8) is 0 Å². The second-order valence-electron chi connectivity index (χ2n) is 5.79. The fourth-order valence-electron chi connectivity index (χ4n) is 1.98. The fourth-order valence-corrected chi connectivity index (χ4v) is 1.98. The first-order valence-electron chi connectivity index (χ1n) is 6.38. The topological polar surface area (TPSA) is 91.5 Å². The maximum absolute atomic E-state index is 11.2. The minimum absolute atomic E-state index is 0.194. The zero-order valence-electron chi connectivity index (χ0n) is 11.5. The molecule has 106 valence electrons. The largest absolute Gasteiger partial charge is 0.480 e. The van der Waals surface area contributed by atoms with E-state index < -0.39 is 12.0 Å². The van der Waals surface area contributed by atoms with Gasteiger partial charge in [-0.3, -0.25) is 9.69 Å². The van der Waals surface area contributed by atoms with Gasteiger partial charge in [-0.1, -0.05) is 25.9 Å². The van der Waals surface area contributed by atoms with E-state index in [1.165, 1.54) is 0 Å². The number of piperazine rings is 1. The Morgan fingerprint density at radius 2 is 2.32 bits per heavy atom. The van der Waals surface area contributed by atoms with Crippen LogP contribution in [0.25, 0.3) is 0 Å². The van der Waals surface area contributed by atoms with Gasteiger partial charge in [-0.15, -0.1) is 0 Å². The molecule has 1 aromatic heterocycles. The molecule has 7 nitrogen and oxygen atoms in total. The predicted molar refractivity (Wildman–Crippen MR) is 67.7 cm³/mol. The fraction of sp³-hybridized carbons (Fsp3) is 0.750. The monoisotopic (exact) mass is 268 g/mol. The van der Waals surface area contributed by atoms with Gasteiger partial charge in [-0.2, -0.15) is 4.98 Å². The van der Waals surface area contributed by atoms with Gasteiger partial charge in [0.1, 0.15) is 6.04 Å². The van der Waals surface area contributed by atoms with Crippen LogP contribution in [0.2, 0.25) is 0 Å². The van der Waals surface area contributed by atoms with Gasteiger partial charge in [-0.05, 0) is 0 Å². The molecular weight excluding hydrogens is 248 g/mol. The van der Waals surface area contributed by atoms with Crippen molar-refractivity contribution in [3.05, 3.63) is 11.7 Å². The molecule has 0 spiro atoms. The lowest BCUT2D eigenvalue weighted by Crippen LogP contribution is -2.54. The molecule has 2 rings (SSSR count). The summed E-state index contributed by atoms with van der Waals surface area (Å²) in [6.07, 6.45) is 0. The summed E-state index contributed by atoms with van der Waals surface area (Å²) in [7, 11) is 0. The van der Waals surface area contributed by atoms with Crippen LogP contribution in [0.1, 0.15) is 32.5 Å². The molecule has 0 amide bonds. The van der Waals surface area contributed by atoms with Gasteiger partial charge in [0, 0.05) is 25.0 Å². The van der Waals surface area contributed by atoms with Gasteiger partial charge in [0.25, 0.3) is 0 Å². The average molecular weight is 268 g/mol. The van der Waals surface area contributed by atoms with E-state index in [1.807, 2.05) is 25.7 Å². The second-order valence-corrected chi connectivity index (χ2v) is 5.79. The third-order valence-electron chi connectivity index (χ3n) is 3.09. The standard InChI is InChI=1S/C12H20N4O3/c1-12(2,3)11-14-9(15-19-11)7-16-5-4-13-6-8(16)10(17)18/h8,13H,4-7H2,1-3H3,(H,17,18). The normalized spacial score (nSPS) is 21.5. The molecule has 2 N–H and O–H groups in total. The molecule has 0 aromatic carbocycles. The zero-order valence-corrected chi connectivity index (χ0v) is 11.5. The highest BCUT2D eigenvalue weighted by Crippen LogP contribution is 2.20. The minimum Gasteiger partial charge on any atom is -0.480 e. The number of aliphatic carboxylic acids is 1. The molecule has 1 aliphatic heterocycles. The van der Waals surface area contributed by atoms with Gasteiger partial charge in [-0.25, -0.2) is 0 Å². The SMILES string of the molecule is CC(C)(C)c1nc(CN2CCNCC2C(=O)O)no1. The van der Waals surface area contributed by atoms with E-state index in [0.717, 1.165) is 6.54 Å². The van der Waals surface area contributed by atoms with Crippen molar-refractivity contribution in [2.24, 2.45) is 0 Å². The molecule has 1 aliphatic rings. The van der Waals surface area contributed by atoms with Crippen molar-refractivity contribution >= 4 is 5.97 Å². The molecule has 7 heteroatoms. The Bertz CT molecular complexity index is 452. The van der Waals surface area contributed by atoms with Gasteiger partial charge in [0.2, 0.25) is 5.89 Å². The summed E-state index contributed by atoms with van der Waals surface area (Å²) in [5.41, 5.74) is -0.194. The molecule has 0 radical (unpaired) electrons. The van der Waals surface area contributed by atoms with Crippen molar-refractivity contribution < 1.29 is 14.4 Å². The van der Waals surface area contributed by atoms with Gasteiger partial charge >= 0.3 is 5.97 Å². The molecular formula is C12H20N4O3. The van der Waals surface area contributed by atoms with Crippen LogP contribution in [0.15, 0.2) is 4.52 Å². The number of hydrogen-bond acceptors (Lipinski definition) is 6. The Morgan fingerprint density at radius 1 is 1.58 bits per heavy atom. The number of aromatic nitrogens is 2. The molecule has 0 aliphatic carbocycles. The molecule has 1 saturated heterocycles. The van der Waals surface area contributed by atoms with Gasteiger partial charge in [0.05, 0.1) is 6.54 Å². The number of nitrogens with zero attached hydrogens (tertiary/aromatic N) is 3. The molecule has 19 heavy (non-hydrogen) atoms. The second kappa shape index (κ2) is 5.26. The summed E-state index contributed by atoms with van der Waals surface area (Å²) in [5.74, 6) is 0.286. The number of nitrogens with one attached hydrogen (secondary N) is 1. The highest BCUT2D eigenvalue weighted by molar-refractivity contribution is 5.73. The highest BCUT2D eigenvalue weighted by atomic mass is 16.5. The van der Waals surface area contributed by atoms with E-state index in [1.54, 1.807) is 0 Å². The van der Waals surface area contributed by atoms with Crippen LogP contribution in [-0.2, 0) is 16.8 Å². The Morgan fingerprint density at radius 3 is 2.89 bits per heavy atom.